The minimum absolute atomic E-state index is 0.00299. The number of carbonyl (C=O) groups is 3. The molecule has 1 aromatic carbocycles. The van der Waals surface area contributed by atoms with E-state index in [0.29, 0.717) is 18.7 Å². The number of aliphatic carboxylic acids is 1. The van der Waals surface area contributed by atoms with Crippen LogP contribution in [0.5, 0.6) is 5.75 Å². The highest BCUT2D eigenvalue weighted by Gasteiger charge is 2.35. The van der Waals surface area contributed by atoms with E-state index in [-0.39, 0.29) is 30.7 Å². The molecule has 0 aromatic heterocycles. The molecule has 7 nitrogen and oxygen atoms in total. The molecule has 0 saturated carbocycles. The summed E-state index contributed by atoms with van der Waals surface area (Å²) >= 11 is 0. The molecule has 0 bridgehead atoms. The monoisotopic (exact) mass is 334 g/mol. The van der Waals surface area contributed by atoms with Gasteiger partial charge in [-0.25, -0.2) is 0 Å². The highest BCUT2D eigenvalue weighted by Crippen LogP contribution is 2.27. The fourth-order valence-electron chi connectivity index (χ4n) is 2.67. The van der Waals surface area contributed by atoms with E-state index in [4.69, 9.17) is 9.84 Å². The second kappa shape index (κ2) is 7.81. The first-order valence-corrected chi connectivity index (χ1v) is 7.87. The number of hydrogen-bond acceptors (Lipinski definition) is 4. The third kappa shape index (κ3) is 4.47. The molecular formula is C17H22N2O5. The molecule has 0 spiro atoms. The van der Waals surface area contributed by atoms with Crippen molar-refractivity contribution < 1.29 is 24.2 Å². The molecule has 1 heterocycles. The van der Waals surface area contributed by atoms with Crippen LogP contribution in [0.4, 0.5) is 5.69 Å². The number of amides is 2. The Labute approximate surface area is 140 Å². The zero-order valence-electron chi connectivity index (χ0n) is 13.8. The zero-order chi connectivity index (χ0) is 17.7. The molecular weight excluding hydrogens is 312 g/mol. The molecule has 1 aromatic rings. The van der Waals surface area contributed by atoms with Crippen LogP contribution in [0.15, 0.2) is 24.3 Å². The lowest BCUT2D eigenvalue weighted by Crippen LogP contribution is -2.38. The van der Waals surface area contributed by atoms with Gasteiger partial charge >= 0.3 is 5.97 Å². The van der Waals surface area contributed by atoms with Gasteiger partial charge in [0.05, 0.1) is 13.0 Å². The van der Waals surface area contributed by atoms with Gasteiger partial charge in [-0.15, -0.1) is 0 Å². The first-order valence-electron chi connectivity index (χ1n) is 7.87. The van der Waals surface area contributed by atoms with Crippen LogP contribution < -0.4 is 15.0 Å². The van der Waals surface area contributed by atoms with Crippen molar-refractivity contribution in [2.75, 3.05) is 18.6 Å². The summed E-state index contributed by atoms with van der Waals surface area (Å²) in [7, 11) is 1.57. The number of carbonyl (C=O) groups excluding carboxylic acids is 2. The van der Waals surface area contributed by atoms with E-state index in [1.807, 2.05) is 0 Å². The summed E-state index contributed by atoms with van der Waals surface area (Å²) in [6.45, 7) is 2.08. The summed E-state index contributed by atoms with van der Waals surface area (Å²) < 4.78 is 5.09. The van der Waals surface area contributed by atoms with Gasteiger partial charge in [0.15, 0.2) is 0 Å². The standard InChI is InChI=1S/C17H22N2O5/c1-11(3-8-16(21)22)18-17(23)12-9-15(20)19(10-12)13-4-6-14(24-2)7-5-13/h4-7,11-12H,3,8-10H2,1-2H3,(H,18,23)(H,21,22). The summed E-state index contributed by atoms with van der Waals surface area (Å²) in [5.74, 6) is -0.924. The van der Waals surface area contributed by atoms with Crippen LogP contribution in [-0.2, 0) is 14.4 Å². The highest BCUT2D eigenvalue weighted by molar-refractivity contribution is 6.00. The number of hydrogen-bond donors (Lipinski definition) is 2. The Morgan fingerprint density at radius 2 is 2.04 bits per heavy atom. The maximum Gasteiger partial charge on any atom is 0.303 e. The number of nitrogens with one attached hydrogen (secondary N) is 1. The molecule has 1 aliphatic heterocycles. The van der Waals surface area contributed by atoms with Crippen molar-refractivity contribution in [3.63, 3.8) is 0 Å². The molecule has 24 heavy (non-hydrogen) atoms. The van der Waals surface area contributed by atoms with E-state index in [1.165, 1.54) is 0 Å². The molecule has 0 radical (unpaired) electrons. The Morgan fingerprint density at radius 1 is 1.38 bits per heavy atom. The highest BCUT2D eigenvalue weighted by atomic mass is 16.5. The Morgan fingerprint density at radius 3 is 2.62 bits per heavy atom. The average Bonchev–Trinajstić information content (AvgIpc) is 2.95. The number of carboxylic acid groups (broad SMARTS) is 1. The summed E-state index contributed by atoms with van der Waals surface area (Å²) in [5, 5.41) is 11.5. The zero-order valence-corrected chi connectivity index (χ0v) is 13.8. The van der Waals surface area contributed by atoms with E-state index in [1.54, 1.807) is 43.2 Å². The van der Waals surface area contributed by atoms with Crippen LogP contribution in [0, 0.1) is 5.92 Å². The number of anilines is 1. The van der Waals surface area contributed by atoms with Crippen molar-refractivity contribution in [2.45, 2.75) is 32.2 Å². The van der Waals surface area contributed by atoms with Gasteiger partial charge in [-0.1, -0.05) is 0 Å². The molecule has 1 saturated heterocycles. The van der Waals surface area contributed by atoms with Crippen molar-refractivity contribution >= 4 is 23.5 Å². The number of rotatable bonds is 7. The number of carboxylic acids is 1. The van der Waals surface area contributed by atoms with E-state index in [2.05, 4.69) is 5.32 Å². The summed E-state index contributed by atoms with van der Waals surface area (Å²) in [6, 6.07) is 6.87. The van der Waals surface area contributed by atoms with Crippen LogP contribution in [0.25, 0.3) is 0 Å². The van der Waals surface area contributed by atoms with Crippen LogP contribution in [0.3, 0.4) is 0 Å². The Hall–Kier alpha value is -2.57. The van der Waals surface area contributed by atoms with E-state index >= 15 is 0 Å². The normalized spacial score (nSPS) is 18.3. The first kappa shape index (κ1) is 17.8. The lowest BCUT2D eigenvalue weighted by atomic mass is 10.1. The van der Waals surface area contributed by atoms with Crippen molar-refractivity contribution in [2.24, 2.45) is 5.92 Å². The minimum Gasteiger partial charge on any atom is -0.497 e. The molecule has 0 aliphatic carbocycles. The van der Waals surface area contributed by atoms with Gasteiger partial charge in [0, 0.05) is 31.1 Å². The summed E-state index contributed by atoms with van der Waals surface area (Å²) in [6.07, 6.45) is 0.524. The third-order valence-corrected chi connectivity index (χ3v) is 4.06. The molecule has 2 unspecified atom stereocenters. The van der Waals surface area contributed by atoms with Gasteiger partial charge in [0.2, 0.25) is 11.8 Å². The second-order valence-electron chi connectivity index (χ2n) is 5.95. The molecule has 2 rings (SSSR count). The van der Waals surface area contributed by atoms with Crippen LogP contribution in [0.1, 0.15) is 26.2 Å². The van der Waals surface area contributed by atoms with Crippen molar-refractivity contribution in [1.82, 2.24) is 5.32 Å². The lowest BCUT2D eigenvalue weighted by Gasteiger charge is -2.18. The Kier molecular flexibility index (Phi) is 5.78. The minimum atomic E-state index is -0.891. The maximum atomic E-state index is 12.3. The lowest BCUT2D eigenvalue weighted by molar-refractivity contribution is -0.137. The molecule has 7 heteroatoms. The molecule has 130 valence electrons. The molecule has 2 atom stereocenters. The quantitative estimate of drug-likeness (QED) is 0.786. The number of methoxy groups -OCH3 is 1. The average molecular weight is 334 g/mol. The Bertz CT molecular complexity index is 614. The van der Waals surface area contributed by atoms with E-state index in [9.17, 15) is 14.4 Å². The summed E-state index contributed by atoms with van der Waals surface area (Å²) in [4.78, 5) is 36.6. The molecule has 1 fully saturated rings. The van der Waals surface area contributed by atoms with Crippen LogP contribution in [-0.4, -0.2) is 42.6 Å². The van der Waals surface area contributed by atoms with E-state index in [0.717, 1.165) is 5.69 Å². The van der Waals surface area contributed by atoms with Crippen molar-refractivity contribution in [1.29, 1.82) is 0 Å². The predicted octanol–water partition coefficient (Wildman–Crippen LogP) is 1.42. The van der Waals surface area contributed by atoms with Gasteiger partial charge < -0.3 is 20.1 Å². The Balaban J connectivity index is 1.93. The van der Waals surface area contributed by atoms with Crippen molar-refractivity contribution in [3.8, 4) is 5.75 Å². The smallest absolute Gasteiger partial charge is 0.303 e. The number of nitrogens with zero attached hydrogens (tertiary/aromatic N) is 1. The third-order valence-electron chi connectivity index (χ3n) is 4.06. The molecule has 2 amide bonds. The SMILES string of the molecule is COc1ccc(N2CC(C(=O)NC(C)CCC(=O)O)CC2=O)cc1. The maximum absolute atomic E-state index is 12.3. The number of ether oxygens (including phenoxy) is 1. The van der Waals surface area contributed by atoms with Gasteiger partial charge in [0.25, 0.3) is 0 Å². The largest absolute Gasteiger partial charge is 0.497 e. The fraction of sp³-hybridized carbons (Fsp3) is 0.471. The van der Waals surface area contributed by atoms with Crippen LogP contribution in [0.2, 0.25) is 0 Å². The fourth-order valence-corrected chi connectivity index (χ4v) is 2.67. The van der Waals surface area contributed by atoms with E-state index < -0.39 is 11.9 Å². The molecule has 1 aliphatic rings. The first-order chi connectivity index (χ1) is 11.4. The topological polar surface area (TPSA) is 95.9 Å². The van der Waals surface area contributed by atoms with Crippen LogP contribution >= 0.6 is 0 Å². The van der Waals surface area contributed by atoms with Gasteiger partial charge in [0.1, 0.15) is 5.75 Å². The summed E-state index contributed by atoms with van der Waals surface area (Å²) in [5.41, 5.74) is 0.732. The predicted molar refractivity (Wildman–Crippen MR) is 87.9 cm³/mol. The van der Waals surface area contributed by atoms with Gasteiger partial charge in [-0.2, -0.15) is 0 Å². The van der Waals surface area contributed by atoms with Crippen molar-refractivity contribution in [3.05, 3.63) is 24.3 Å². The molecule has 2 N–H and O–H groups in total. The second-order valence-corrected chi connectivity index (χ2v) is 5.95. The van der Waals surface area contributed by atoms with Gasteiger partial charge in [-0.05, 0) is 37.6 Å². The number of benzene rings is 1. The van der Waals surface area contributed by atoms with Gasteiger partial charge in [-0.3, -0.25) is 14.4 Å².